The van der Waals surface area contributed by atoms with E-state index >= 15 is 0 Å². The minimum atomic E-state index is -0.840. The van der Waals surface area contributed by atoms with Crippen LogP contribution >= 0.6 is 0 Å². The standard InChI is InChI=1S/C23H22N2O4/c1-13-11-16-10-9-14(2)24-19(16)20-17(13)21(26)18(23(28)29-3)22(27)25(20)12-15-7-5-4-6-8-15/h4-10,13,26H,11-12H2,1-3H3. The third-order valence-electron chi connectivity index (χ3n) is 5.41. The molecule has 1 aliphatic carbocycles. The number of nitrogens with zero attached hydrogens (tertiary/aromatic N) is 2. The molecular formula is C23H22N2O4. The Morgan fingerprint density at radius 1 is 1.24 bits per heavy atom. The molecule has 0 fully saturated rings. The van der Waals surface area contributed by atoms with E-state index < -0.39 is 11.5 Å². The topological polar surface area (TPSA) is 81.4 Å². The highest BCUT2D eigenvalue weighted by Gasteiger charge is 2.34. The second kappa shape index (κ2) is 7.20. The van der Waals surface area contributed by atoms with Gasteiger partial charge in [-0.3, -0.25) is 9.78 Å². The molecule has 1 unspecified atom stereocenters. The summed E-state index contributed by atoms with van der Waals surface area (Å²) in [6.45, 7) is 4.12. The smallest absolute Gasteiger partial charge is 0.347 e. The molecule has 0 bridgehead atoms. The fourth-order valence-electron chi connectivity index (χ4n) is 4.04. The zero-order valence-electron chi connectivity index (χ0n) is 16.6. The number of carbonyl (C=O) groups excluding carboxylic acids is 1. The third-order valence-corrected chi connectivity index (χ3v) is 5.41. The van der Waals surface area contributed by atoms with Crippen LogP contribution in [0.3, 0.4) is 0 Å². The van der Waals surface area contributed by atoms with E-state index in [1.165, 1.54) is 11.7 Å². The van der Waals surface area contributed by atoms with Crippen LogP contribution in [0.1, 0.15) is 45.6 Å². The Kier molecular flexibility index (Phi) is 4.70. The van der Waals surface area contributed by atoms with Crippen LogP contribution in [-0.2, 0) is 17.7 Å². The molecule has 2 heterocycles. The molecule has 2 aromatic heterocycles. The van der Waals surface area contributed by atoms with Crippen LogP contribution < -0.4 is 5.56 Å². The number of aryl methyl sites for hydroxylation is 1. The number of pyridine rings is 2. The van der Waals surface area contributed by atoms with E-state index in [4.69, 9.17) is 4.74 Å². The number of esters is 1. The minimum absolute atomic E-state index is 0.0898. The van der Waals surface area contributed by atoms with Crippen LogP contribution in [0.5, 0.6) is 5.75 Å². The third kappa shape index (κ3) is 3.10. The van der Waals surface area contributed by atoms with Crippen LogP contribution in [0.25, 0.3) is 11.4 Å². The van der Waals surface area contributed by atoms with E-state index in [1.807, 2.05) is 56.3 Å². The molecule has 0 amide bonds. The molecule has 0 saturated heterocycles. The van der Waals surface area contributed by atoms with E-state index in [0.717, 1.165) is 16.8 Å². The van der Waals surface area contributed by atoms with E-state index in [1.54, 1.807) is 0 Å². The zero-order chi connectivity index (χ0) is 20.7. The monoisotopic (exact) mass is 390 g/mol. The normalized spacial score (nSPS) is 14.8. The number of hydrogen-bond acceptors (Lipinski definition) is 5. The lowest BCUT2D eigenvalue weighted by Crippen LogP contribution is -2.32. The second-order valence-electron chi connectivity index (χ2n) is 7.42. The summed E-state index contributed by atoms with van der Waals surface area (Å²) in [4.78, 5) is 30.4. The summed E-state index contributed by atoms with van der Waals surface area (Å²) in [5, 5.41) is 10.9. The largest absolute Gasteiger partial charge is 0.506 e. The number of aromatic nitrogens is 2. The van der Waals surface area contributed by atoms with Crippen LogP contribution in [0.15, 0.2) is 47.3 Å². The zero-order valence-corrected chi connectivity index (χ0v) is 16.6. The number of ether oxygens (including phenoxy) is 1. The molecule has 0 spiro atoms. The first-order valence-electron chi connectivity index (χ1n) is 9.51. The first-order valence-corrected chi connectivity index (χ1v) is 9.51. The first kappa shape index (κ1) is 18.9. The first-order chi connectivity index (χ1) is 13.9. The molecule has 1 atom stereocenters. The van der Waals surface area contributed by atoms with Gasteiger partial charge < -0.3 is 14.4 Å². The number of fused-ring (bicyclic) bond motifs is 3. The van der Waals surface area contributed by atoms with Gasteiger partial charge in [0.1, 0.15) is 5.75 Å². The lowest BCUT2D eigenvalue weighted by molar-refractivity contribution is 0.0594. The Balaban J connectivity index is 2.09. The summed E-state index contributed by atoms with van der Waals surface area (Å²) in [5.41, 5.74) is 3.64. The molecule has 1 aromatic carbocycles. The van der Waals surface area contributed by atoms with Crippen LogP contribution in [0.4, 0.5) is 0 Å². The fourth-order valence-corrected chi connectivity index (χ4v) is 4.04. The summed E-state index contributed by atoms with van der Waals surface area (Å²) < 4.78 is 6.33. The average molecular weight is 390 g/mol. The molecule has 0 aliphatic heterocycles. The van der Waals surface area contributed by atoms with Gasteiger partial charge in [0.25, 0.3) is 5.56 Å². The van der Waals surface area contributed by atoms with E-state index in [9.17, 15) is 14.7 Å². The average Bonchev–Trinajstić information content (AvgIpc) is 2.71. The van der Waals surface area contributed by atoms with Crippen molar-refractivity contribution < 1.29 is 14.6 Å². The summed E-state index contributed by atoms with van der Waals surface area (Å²) in [7, 11) is 1.20. The van der Waals surface area contributed by atoms with Gasteiger partial charge in [0.15, 0.2) is 5.56 Å². The van der Waals surface area contributed by atoms with Crippen LogP contribution in [-0.4, -0.2) is 27.7 Å². The van der Waals surface area contributed by atoms with Gasteiger partial charge in [0, 0.05) is 11.3 Å². The van der Waals surface area contributed by atoms with Crippen molar-refractivity contribution in [1.82, 2.24) is 9.55 Å². The van der Waals surface area contributed by atoms with E-state index in [-0.39, 0.29) is 23.8 Å². The Hall–Kier alpha value is -3.41. The molecule has 6 heteroatoms. The molecular weight excluding hydrogens is 368 g/mol. The van der Waals surface area contributed by atoms with E-state index in [0.29, 0.717) is 23.4 Å². The maximum atomic E-state index is 13.3. The predicted molar refractivity (Wildman–Crippen MR) is 109 cm³/mol. The van der Waals surface area contributed by atoms with Crippen molar-refractivity contribution in [3.05, 3.63) is 80.8 Å². The van der Waals surface area contributed by atoms with Gasteiger partial charge in [-0.25, -0.2) is 4.79 Å². The highest BCUT2D eigenvalue weighted by atomic mass is 16.5. The fraction of sp³-hybridized carbons (Fsp3) is 0.261. The highest BCUT2D eigenvalue weighted by Crippen LogP contribution is 2.43. The van der Waals surface area contributed by atoms with Crippen molar-refractivity contribution >= 4 is 5.97 Å². The number of hydrogen-bond donors (Lipinski definition) is 1. The quantitative estimate of drug-likeness (QED) is 0.693. The van der Waals surface area contributed by atoms with Crippen LogP contribution in [0.2, 0.25) is 0 Å². The second-order valence-corrected chi connectivity index (χ2v) is 7.42. The van der Waals surface area contributed by atoms with Crippen LogP contribution in [0, 0.1) is 6.92 Å². The Morgan fingerprint density at radius 2 is 1.97 bits per heavy atom. The molecule has 148 valence electrons. The van der Waals surface area contributed by atoms with Gasteiger partial charge in [0.05, 0.1) is 25.0 Å². The molecule has 0 radical (unpaired) electrons. The molecule has 1 aliphatic rings. The minimum Gasteiger partial charge on any atom is -0.506 e. The number of aromatic hydroxyl groups is 1. The van der Waals surface area contributed by atoms with Crippen molar-refractivity contribution in [2.45, 2.75) is 32.7 Å². The van der Waals surface area contributed by atoms with Gasteiger partial charge >= 0.3 is 5.97 Å². The lowest BCUT2D eigenvalue weighted by atomic mass is 9.82. The number of benzene rings is 1. The molecule has 0 saturated carbocycles. The molecule has 29 heavy (non-hydrogen) atoms. The van der Waals surface area contributed by atoms with Crippen molar-refractivity contribution in [2.75, 3.05) is 7.11 Å². The summed E-state index contributed by atoms with van der Waals surface area (Å²) in [5.74, 6) is -1.23. The Labute approximate surface area is 168 Å². The number of methoxy groups -OCH3 is 1. The molecule has 4 rings (SSSR count). The molecule has 6 nitrogen and oxygen atoms in total. The van der Waals surface area contributed by atoms with Crippen molar-refractivity contribution in [2.24, 2.45) is 0 Å². The van der Waals surface area contributed by atoms with Gasteiger partial charge in [-0.15, -0.1) is 0 Å². The maximum absolute atomic E-state index is 13.3. The van der Waals surface area contributed by atoms with Crippen molar-refractivity contribution in [3.8, 4) is 17.1 Å². The maximum Gasteiger partial charge on any atom is 0.347 e. The summed E-state index contributed by atoms with van der Waals surface area (Å²) in [6.07, 6.45) is 0.660. The Morgan fingerprint density at radius 3 is 2.66 bits per heavy atom. The SMILES string of the molecule is COC(=O)c1c(O)c2c(n(Cc3ccccc3)c1=O)-c1nc(C)ccc1CC2C. The van der Waals surface area contributed by atoms with Gasteiger partial charge in [-0.1, -0.05) is 43.3 Å². The Bertz CT molecular complexity index is 1170. The van der Waals surface area contributed by atoms with Gasteiger partial charge in [-0.05, 0) is 36.5 Å². The van der Waals surface area contributed by atoms with Gasteiger partial charge in [-0.2, -0.15) is 0 Å². The van der Waals surface area contributed by atoms with Crippen molar-refractivity contribution in [3.63, 3.8) is 0 Å². The molecule has 1 N–H and O–H groups in total. The molecule has 3 aromatic rings. The van der Waals surface area contributed by atoms with Crippen molar-refractivity contribution in [1.29, 1.82) is 0 Å². The summed E-state index contributed by atoms with van der Waals surface area (Å²) >= 11 is 0. The number of rotatable bonds is 3. The number of carbonyl (C=O) groups is 1. The summed E-state index contributed by atoms with van der Waals surface area (Å²) in [6, 6.07) is 13.5. The predicted octanol–water partition coefficient (Wildman–Crippen LogP) is 3.42. The lowest BCUT2D eigenvalue weighted by Gasteiger charge is -2.29. The van der Waals surface area contributed by atoms with E-state index in [2.05, 4.69) is 4.98 Å². The highest BCUT2D eigenvalue weighted by molar-refractivity contribution is 5.93. The van der Waals surface area contributed by atoms with Gasteiger partial charge in [0.2, 0.25) is 0 Å².